The van der Waals surface area contributed by atoms with Crippen molar-refractivity contribution in [2.75, 3.05) is 12.7 Å². The fraction of sp³-hybridized carbons (Fsp3) is 0.200. The van der Waals surface area contributed by atoms with Crippen LogP contribution in [-0.2, 0) is 80.0 Å². The maximum absolute atomic E-state index is 11.2. The first-order valence-electron chi connectivity index (χ1n) is 4.25. The number of hydrogen-bond donors (Lipinski definition) is 0. The molecule has 0 saturated heterocycles. The maximum atomic E-state index is 11.2. The Morgan fingerprint density at radius 1 is 1.28 bits per heavy atom. The fourth-order valence-corrected chi connectivity index (χ4v) is 1.05. The van der Waals surface area contributed by atoms with Crippen molar-refractivity contribution in [2.45, 2.75) is 0 Å². The zero-order chi connectivity index (χ0) is 11.8. The molecule has 0 aliphatic rings. The molecule has 2 radical (unpaired) electrons. The van der Waals surface area contributed by atoms with Crippen LogP contribution < -0.4 is 4.74 Å². The van der Waals surface area contributed by atoms with Crippen molar-refractivity contribution >= 4 is 25.1 Å². The predicted molar refractivity (Wildman–Crippen MR) is 56.4 cm³/mol. The Balaban J connectivity index is 0. The van der Waals surface area contributed by atoms with Crippen molar-refractivity contribution in [1.82, 2.24) is 0 Å². The maximum Gasteiger partial charge on any atom is 0.336 e. The Morgan fingerprint density at radius 3 is 2.39 bits per heavy atom. The van der Waals surface area contributed by atoms with Crippen LogP contribution in [0.15, 0.2) is 24.3 Å². The summed E-state index contributed by atoms with van der Waals surface area (Å²) in [5, 5.41) is 0. The molecule has 0 unspecified atom stereocenters. The van der Waals surface area contributed by atoms with Gasteiger partial charge in [0.1, 0.15) is 5.75 Å². The number of carbonyl (C=O) groups excluding carboxylic acids is 2. The number of carbonyl (C=O) groups is 1. The zero-order valence-corrected chi connectivity index (χ0v) is 15.5. The number of ether oxygens (including phenoxy) is 3. The third-order valence-corrected chi connectivity index (χ3v) is 1.74. The van der Waals surface area contributed by atoms with Gasteiger partial charge in [0.05, 0.1) is 5.56 Å². The molecule has 0 N–H and O–H groups in total. The van der Waals surface area contributed by atoms with Gasteiger partial charge in [0.2, 0.25) is 0 Å². The van der Waals surface area contributed by atoms with Crippen LogP contribution in [0.5, 0.6) is 5.75 Å². The predicted octanol–water partition coefficient (Wildman–Crippen LogP) is 0.763. The van der Waals surface area contributed by atoms with Crippen molar-refractivity contribution in [3.05, 3.63) is 29.8 Å². The van der Waals surface area contributed by atoms with Crippen molar-refractivity contribution in [3.8, 4) is 5.75 Å². The monoisotopic (exact) mass is 516 g/mol. The first-order chi connectivity index (χ1) is 7.77. The summed E-state index contributed by atoms with van der Waals surface area (Å²) in [6.07, 6.45) is 0. The molecule has 8 heteroatoms. The second kappa shape index (κ2) is 12.1. The molecule has 0 aliphatic heterocycles. The molecule has 0 aliphatic carbocycles. The Morgan fingerprint density at radius 2 is 1.89 bits per heavy atom. The van der Waals surface area contributed by atoms with Gasteiger partial charge in [-0.2, -0.15) is 0 Å². The molecule has 5 nitrogen and oxygen atoms in total. The first-order valence-corrected chi connectivity index (χ1v) is 4.82. The van der Waals surface area contributed by atoms with Gasteiger partial charge >= 0.3 is 5.97 Å². The van der Waals surface area contributed by atoms with Crippen LogP contribution >= 0.6 is 0 Å². The standard InChI is InChI=1S/C10H9O5S.Re.Y/c11-5-13-6-14-9-3-1-8(2-4-9)10(12)15-7-16;;/h1-4,16H,6-7H2;;/q-1;;/p-1. The van der Waals surface area contributed by atoms with E-state index in [1.54, 1.807) is 12.1 Å². The molecule has 0 fully saturated rings. The molecule has 1 rings (SSSR count). The van der Waals surface area contributed by atoms with Crippen LogP contribution in [0, 0.1) is 0 Å². The van der Waals surface area contributed by atoms with E-state index in [1.807, 2.05) is 0 Å². The molecule has 0 atom stereocenters. The molecule has 1 aromatic rings. The quantitative estimate of drug-likeness (QED) is 0.184. The van der Waals surface area contributed by atoms with Gasteiger partial charge in [-0.05, 0) is 30.2 Å². The minimum atomic E-state index is -0.487. The van der Waals surface area contributed by atoms with Gasteiger partial charge in [-0.25, -0.2) is 4.79 Å². The molecule has 0 heterocycles. The second-order valence-corrected chi connectivity index (χ2v) is 2.80. The smallest absolute Gasteiger partial charge is 0.336 e. The summed E-state index contributed by atoms with van der Waals surface area (Å²) in [6.45, 7) is 1.00. The SMILES string of the molecule is O=[C-]OCOc1ccc(C(=O)OC[S-])cc1.[Re].[Y]. The van der Waals surface area contributed by atoms with E-state index in [1.165, 1.54) is 18.6 Å². The average Bonchev–Trinajstić information content (AvgIpc) is 2.30. The molecule has 1 aromatic carbocycles. The summed E-state index contributed by atoms with van der Waals surface area (Å²) in [5.74, 6) is -0.107. The summed E-state index contributed by atoms with van der Waals surface area (Å²) in [5.41, 5.74) is 0.375. The van der Waals surface area contributed by atoms with Gasteiger partial charge in [-0.15, -0.1) is 0 Å². The zero-order valence-electron chi connectivity index (χ0n) is 9.13. The summed E-state index contributed by atoms with van der Waals surface area (Å²) in [7, 11) is 0. The first kappa shape index (κ1) is 20.4. The fourth-order valence-electron chi connectivity index (χ4n) is 0.946. The summed E-state index contributed by atoms with van der Waals surface area (Å²) < 4.78 is 13.8. The van der Waals surface area contributed by atoms with E-state index in [4.69, 9.17) is 4.74 Å². The van der Waals surface area contributed by atoms with Crippen LogP contribution in [-0.4, -0.2) is 25.2 Å². The number of rotatable bonds is 6. The minimum Gasteiger partial charge on any atom is -0.752 e. The molecule has 0 bridgehead atoms. The van der Waals surface area contributed by atoms with Crippen LogP contribution in [0.3, 0.4) is 0 Å². The van der Waals surface area contributed by atoms with Crippen molar-refractivity contribution in [3.63, 3.8) is 0 Å². The Labute approximate surface area is 149 Å². The van der Waals surface area contributed by atoms with E-state index in [0.717, 1.165) is 0 Å². The van der Waals surface area contributed by atoms with Gasteiger partial charge in [0.25, 0.3) is 0 Å². The number of esters is 1. The van der Waals surface area contributed by atoms with Gasteiger partial charge in [-0.1, -0.05) is 6.47 Å². The van der Waals surface area contributed by atoms with Crippen molar-refractivity contribution < 1.29 is 76.9 Å². The molecular formula is C10H8O5ReSY-2. The van der Waals surface area contributed by atoms with Gasteiger partial charge in [-0.3, -0.25) is 0 Å². The van der Waals surface area contributed by atoms with Gasteiger partial charge in [0.15, 0.2) is 6.79 Å². The molecule has 0 amide bonds. The summed E-state index contributed by atoms with van der Waals surface area (Å²) in [6, 6.07) is 6.14. The van der Waals surface area contributed by atoms with Crippen LogP contribution in [0.25, 0.3) is 0 Å². The molecule has 0 saturated carbocycles. The van der Waals surface area contributed by atoms with E-state index < -0.39 is 5.97 Å². The van der Waals surface area contributed by atoms with E-state index in [-0.39, 0.29) is 65.9 Å². The van der Waals surface area contributed by atoms with Crippen molar-refractivity contribution in [1.29, 1.82) is 0 Å². The summed E-state index contributed by atoms with van der Waals surface area (Å²) in [4.78, 5) is 20.9. The van der Waals surface area contributed by atoms with Gasteiger partial charge < -0.3 is 31.6 Å². The second-order valence-electron chi connectivity index (χ2n) is 2.56. The van der Waals surface area contributed by atoms with E-state index in [9.17, 15) is 9.59 Å². The minimum absolute atomic E-state index is 0. The molecule has 0 aromatic heterocycles. The molecule has 0 spiro atoms. The van der Waals surface area contributed by atoms with E-state index >= 15 is 0 Å². The largest absolute Gasteiger partial charge is 0.752 e. The number of benzene rings is 1. The Kier molecular flexibility index (Phi) is 13.7. The Bertz CT molecular complexity index is 360. The average molecular weight is 515 g/mol. The molecular weight excluding hydrogens is 507 g/mol. The topological polar surface area (TPSA) is 61.8 Å². The Hall–Kier alpha value is 0.0762. The van der Waals surface area contributed by atoms with Crippen molar-refractivity contribution in [2.24, 2.45) is 0 Å². The number of hydrogen-bond acceptors (Lipinski definition) is 6. The third kappa shape index (κ3) is 7.50. The van der Waals surface area contributed by atoms with Crippen LogP contribution in [0.1, 0.15) is 10.4 Å². The normalized spacial score (nSPS) is 8.28. The molecule has 96 valence electrons. The van der Waals surface area contributed by atoms with Crippen LogP contribution in [0.2, 0.25) is 0 Å². The summed E-state index contributed by atoms with van der Waals surface area (Å²) >= 11 is 4.50. The van der Waals surface area contributed by atoms with Gasteiger partial charge in [0, 0.05) is 53.1 Å². The van der Waals surface area contributed by atoms with E-state index in [0.29, 0.717) is 11.3 Å². The van der Waals surface area contributed by atoms with E-state index in [2.05, 4.69) is 22.1 Å². The molecule has 18 heavy (non-hydrogen) atoms. The third-order valence-electron chi connectivity index (χ3n) is 1.62. The van der Waals surface area contributed by atoms with Crippen LogP contribution in [0.4, 0.5) is 0 Å².